The average Bonchev–Trinajstić information content (AvgIpc) is 2.88. The number of carbonyl (C=O) groups excluding carboxylic acids is 1. The number of aromatic amines is 1. The third-order valence-electron chi connectivity index (χ3n) is 3.21. The third-order valence-corrected chi connectivity index (χ3v) is 3.21. The molecule has 0 saturated carbocycles. The molecule has 0 unspecified atom stereocenters. The van der Waals surface area contributed by atoms with Gasteiger partial charge in [-0.2, -0.15) is 0 Å². The van der Waals surface area contributed by atoms with Gasteiger partial charge in [0.15, 0.2) is 0 Å². The molecule has 0 bridgehead atoms. The van der Waals surface area contributed by atoms with Crippen LogP contribution in [0.2, 0.25) is 0 Å². The molecule has 1 aromatic carbocycles. The first kappa shape index (κ1) is 9.46. The molecule has 1 aromatic heterocycles. The van der Waals surface area contributed by atoms with Gasteiger partial charge >= 0.3 is 0 Å². The standard InChI is InChI=1S/C13H14N2O/c16-13-6-3-7-15(13)9-10-8-14-12-5-2-1-4-11(10)12/h1-2,4-5,8,14H,3,6-7,9H2. The molecule has 0 aliphatic carbocycles. The molecule has 1 N–H and O–H groups in total. The van der Waals surface area contributed by atoms with E-state index in [1.807, 2.05) is 23.2 Å². The van der Waals surface area contributed by atoms with Gasteiger partial charge in [0.25, 0.3) is 0 Å². The van der Waals surface area contributed by atoms with Gasteiger partial charge in [0.1, 0.15) is 0 Å². The Morgan fingerprint density at radius 3 is 3.00 bits per heavy atom. The Bertz CT molecular complexity index is 529. The van der Waals surface area contributed by atoms with Crippen LogP contribution in [0.15, 0.2) is 30.5 Å². The van der Waals surface area contributed by atoms with E-state index in [4.69, 9.17) is 0 Å². The molecule has 2 heterocycles. The summed E-state index contributed by atoms with van der Waals surface area (Å²) in [6, 6.07) is 8.21. The lowest BCUT2D eigenvalue weighted by Gasteiger charge is -2.14. The van der Waals surface area contributed by atoms with Crippen LogP contribution < -0.4 is 0 Å². The lowest BCUT2D eigenvalue weighted by atomic mass is 10.1. The molecule has 0 radical (unpaired) electrons. The Hall–Kier alpha value is -1.77. The maximum atomic E-state index is 11.6. The van der Waals surface area contributed by atoms with Crippen LogP contribution in [-0.2, 0) is 11.3 Å². The summed E-state index contributed by atoms with van der Waals surface area (Å²) in [6.45, 7) is 1.64. The predicted molar refractivity (Wildman–Crippen MR) is 62.9 cm³/mol. The van der Waals surface area contributed by atoms with Crippen LogP contribution in [-0.4, -0.2) is 22.3 Å². The summed E-state index contributed by atoms with van der Waals surface area (Å²) in [6.07, 6.45) is 3.72. The van der Waals surface area contributed by atoms with E-state index in [9.17, 15) is 4.79 Å². The van der Waals surface area contributed by atoms with Crippen LogP contribution in [0.4, 0.5) is 0 Å². The van der Waals surface area contributed by atoms with Crippen molar-refractivity contribution in [1.82, 2.24) is 9.88 Å². The minimum Gasteiger partial charge on any atom is -0.361 e. The highest BCUT2D eigenvalue weighted by Gasteiger charge is 2.20. The van der Waals surface area contributed by atoms with Crippen LogP contribution >= 0.6 is 0 Å². The normalized spacial score (nSPS) is 16.2. The molecule has 3 heteroatoms. The van der Waals surface area contributed by atoms with Crippen molar-refractivity contribution in [1.29, 1.82) is 0 Å². The number of amides is 1. The molecule has 1 amide bonds. The zero-order valence-electron chi connectivity index (χ0n) is 9.07. The second-order valence-electron chi connectivity index (χ2n) is 4.28. The number of nitrogens with zero attached hydrogens (tertiary/aromatic N) is 1. The molecule has 1 fully saturated rings. The quantitative estimate of drug-likeness (QED) is 0.818. The number of nitrogens with one attached hydrogen (secondary N) is 1. The first-order valence-electron chi connectivity index (χ1n) is 5.67. The fourth-order valence-electron chi connectivity index (χ4n) is 2.34. The van der Waals surface area contributed by atoms with Crippen LogP contribution in [0, 0.1) is 0 Å². The molecule has 3 nitrogen and oxygen atoms in total. The summed E-state index contributed by atoms with van der Waals surface area (Å²) in [7, 11) is 0. The summed E-state index contributed by atoms with van der Waals surface area (Å²) < 4.78 is 0. The van der Waals surface area contributed by atoms with E-state index in [1.54, 1.807) is 0 Å². The first-order valence-corrected chi connectivity index (χ1v) is 5.67. The number of fused-ring (bicyclic) bond motifs is 1. The van der Waals surface area contributed by atoms with E-state index in [2.05, 4.69) is 17.1 Å². The monoisotopic (exact) mass is 214 g/mol. The first-order chi connectivity index (χ1) is 7.84. The highest BCUT2D eigenvalue weighted by atomic mass is 16.2. The number of rotatable bonds is 2. The highest BCUT2D eigenvalue weighted by Crippen LogP contribution is 2.21. The Labute approximate surface area is 94.1 Å². The molecule has 1 saturated heterocycles. The maximum absolute atomic E-state index is 11.6. The lowest BCUT2D eigenvalue weighted by molar-refractivity contribution is -0.128. The molecule has 82 valence electrons. The molecular weight excluding hydrogens is 200 g/mol. The topological polar surface area (TPSA) is 36.1 Å². The van der Waals surface area contributed by atoms with Gasteiger partial charge in [-0.05, 0) is 18.1 Å². The number of hydrogen-bond donors (Lipinski definition) is 1. The van der Waals surface area contributed by atoms with Crippen molar-refractivity contribution in [3.63, 3.8) is 0 Å². The minimum absolute atomic E-state index is 0.283. The summed E-state index contributed by atoms with van der Waals surface area (Å²) >= 11 is 0. The summed E-state index contributed by atoms with van der Waals surface area (Å²) in [5, 5.41) is 1.22. The van der Waals surface area contributed by atoms with Gasteiger partial charge in [0, 0.05) is 36.6 Å². The lowest BCUT2D eigenvalue weighted by Crippen LogP contribution is -2.23. The Balaban J connectivity index is 1.92. The van der Waals surface area contributed by atoms with Crippen LogP contribution in [0.3, 0.4) is 0 Å². The van der Waals surface area contributed by atoms with Crippen molar-refractivity contribution in [2.24, 2.45) is 0 Å². The van der Waals surface area contributed by atoms with Gasteiger partial charge in [-0.1, -0.05) is 18.2 Å². The SMILES string of the molecule is O=C1CCCN1Cc1c[nH]c2ccccc12. The molecule has 0 spiro atoms. The van der Waals surface area contributed by atoms with E-state index in [-0.39, 0.29) is 5.91 Å². The average molecular weight is 214 g/mol. The zero-order valence-corrected chi connectivity index (χ0v) is 9.07. The number of benzene rings is 1. The van der Waals surface area contributed by atoms with Crippen molar-refractivity contribution in [3.05, 3.63) is 36.0 Å². The largest absolute Gasteiger partial charge is 0.361 e. The van der Waals surface area contributed by atoms with E-state index in [1.165, 1.54) is 10.9 Å². The molecule has 2 aromatic rings. The fourth-order valence-corrected chi connectivity index (χ4v) is 2.34. The van der Waals surface area contributed by atoms with Crippen molar-refractivity contribution < 1.29 is 4.79 Å². The number of carbonyl (C=O) groups is 1. The molecule has 1 aliphatic rings. The van der Waals surface area contributed by atoms with E-state index in [0.29, 0.717) is 6.42 Å². The highest BCUT2D eigenvalue weighted by molar-refractivity contribution is 5.84. The number of likely N-dealkylation sites (tertiary alicyclic amines) is 1. The van der Waals surface area contributed by atoms with E-state index < -0.39 is 0 Å². The van der Waals surface area contributed by atoms with Gasteiger partial charge in [0.2, 0.25) is 5.91 Å². The third kappa shape index (κ3) is 1.48. The van der Waals surface area contributed by atoms with Gasteiger partial charge in [0.05, 0.1) is 0 Å². The van der Waals surface area contributed by atoms with Crippen LogP contribution in [0.25, 0.3) is 10.9 Å². The number of para-hydroxylation sites is 1. The maximum Gasteiger partial charge on any atom is 0.222 e. The van der Waals surface area contributed by atoms with Gasteiger partial charge < -0.3 is 9.88 Å². The number of hydrogen-bond acceptors (Lipinski definition) is 1. The van der Waals surface area contributed by atoms with E-state index in [0.717, 1.165) is 25.0 Å². The fraction of sp³-hybridized carbons (Fsp3) is 0.308. The Kier molecular flexibility index (Phi) is 2.17. The summed E-state index contributed by atoms with van der Waals surface area (Å²) in [5.74, 6) is 0.283. The van der Waals surface area contributed by atoms with Gasteiger partial charge in [-0.15, -0.1) is 0 Å². The van der Waals surface area contributed by atoms with Crippen LogP contribution in [0.1, 0.15) is 18.4 Å². The van der Waals surface area contributed by atoms with Crippen LogP contribution in [0.5, 0.6) is 0 Å². The summed E-state index contributed by atoms with van der Waals surface area (Å²) in [5.41, 5.74) is 2.36. The van der Waals surface area contributed by atoms with Crippen molar-refractivity contribution in [3.8, 4) is 0 Å². The Morgan fingerprint density at radius 1 is 1.31 bits per heavy atom. The molecular formula is C13H14N2O. The second-order valence-corrected chi connectivity index (χ2v) is 4.28. The molecule has 1 aliphatic heterocycles. The van der Waals surface area contributed by atoms with Crippen molar-refractivity contribution >= 4 is 16.8 Å². The number of H-pyrrole nitrogens is 1. The van der Waals surface area contributed by atoms with E-state index >= 15 is 0 Å². The zero-order chi connectivity index (χ0) is 11.0. The van der Waals surface area contributed by atoms with Crippen molar-refractivity contribution in [2.45, 2.75) is 19.4 Å². The molecule has 0 atom stereocenters. The smallest absolute Gasteiger partial charge is 0.222 e. The molecule has 16 heavy (non-hydrogen) atoms. The summed E-state index contributed by atoms with van der Waals surface area (Å²) in [4.78, 5) is 16.7. The predicted octanol–water partition coefficient (Wildman–Crippen LogP) is 2.29. The van der Waals surface area contributed by atoms with Gasteiger partial charge in [-0.3, -0.25) is 4.79 Å². The Morgan fingerprint density at radius 2 is 2.19 bits per heavy atom. The molecule has 3 rings (SSSR count). The second kappa shape index (κ2) is 3.67. The van der Waals surface area contributed by atoms with Gasteiger partial charge in [-0.25, -0.2) is 0 Å². The van der Waals surface area contributed by atoms with Crippen molar-refractivity contribution in [2.75, 3.05) is 6.54 Å². The minimum atomic E-state index is 0.283. The number of aromatic nitrogens is 1.